The second-order valence-electron chi connectivity index (χ2n) is 7.94. The third kappa shape index (κ3) is 6.18. The van der Waals surface area contributed by atoms with E-state index in [9.17, 15) is 13.2 Å². The van der Waals surface area contributed by atoms with Crippen molar-refractivity contribution in [1.82, 2.24) is 4.31 Å². The Morgan fingerprint density at radius 1 is 1.00 bits per heavy atom. The van der Waals surface area contributed by atoms with Gasteiger partial charge in [0.25, 0.3) is 0 Å². The Kier molecular flexibility index (Phi) is 7.75. The van der Waals surface area contributed by atoms with E-state index in [1.54, 1.807) is 23.9 Å². The van der Waals surface area contributed by atoms with E-state index < -0.39 is 15.9 Å². The molecule has 1 saturated heterocycles. The minimum absolute atomic E-state index is 0.155. The molecule has 33 heavy (non-hydrogen) atoms. The van der Waals surface area contributed by atoms with Gasteiger partial charge in [-0.05, 0) is 66.9 Å². The van der Waals surface area contributed by atoms with Crippen LogP contribution >= 0.6 is 23.4 Å². The predicted molar refractivity (Wildman–Crippen MR) is 134 cm³/mol. The number of amides is 1. The molecule has 0 bridgehead atoms. The lowest BCUT2D eigenvalue weighted by Gasteiger charge is -2.31. The molecule has 1 atom stereocenters. The highest BCUT2D eigenvalue weighted by Crippen LogP contribution is 2.26. The number of thioether (sulfide) groups is 1. The first-order valence-electron chi connectivity index (χ1n) is 10.8. The molecule has 3 aromatic carbocycles. The summed E-state index contributed by atoms with van der Waals surface area (Å²) >= 11 is 7.64. The zero-order valence-corrected chi connectivity index (χ0v) is 20.4. The highest BCUT2D eigenvalue weighted by Gasteiger charge is 2.33. The van der Waals surface area contributed by atoms with E-state index in [-0.39, 0.29) is 17.3 Å². The molecule has 0 aromatic heterocycles. The van der Waals surface area contributed by atoms with Gasteiger partial charge in [-0.15, -0.1) is 11.8 Å². The van der Waals surface area contributed by atoms with Crippen LogP contribution in [0.4, 0.5) is 5.69 Å². The van der Waals surface area contributed by atoms with Gasteiger partial charge < -0.3 is 5.32 Å². The molecule has 0 spiro atoms. The lowest BCUT2D eigenvalue weighted by atomic mass is 9.98. The average Bonchev–Trinajstić information content (AvgIpc) is 2.84. The Labute approximate surface area is 204 Å². The third-order valence-corrected chi connectivity index (χ3v) is 8.79. The molecule has 1 heterocycles. The fourth-order valence-corrected chi connectivity index (χ4v) is 6.27. The number of hydrogen-bond donors (Lipinski definition) is 1. The van der Waals surface area contributed by atoms with E-state index in [0.29, 0.717) is 30.1 Å². The molecule has 0 radical (unpaired) electrons. The molecule has 3 aromatic rings. The normalized spacial score (nSPS) is 16.9. The van der Waals surface area contributed by atoms with Crippen molar-refractivity contribution in [2.45, 2.75) is 28.4 Å². The maximum Gasteiger partial charge on any atom is 0.243 e. The van der Waals surface area contributed by atoms with Crippen molar-refractivity contribution in [3.05, 3.63) is 89.4 Å². The molecule has 0 saturated carbocycles. The van der Waals surface area contributed by atoms with Gasteiger partial charge in [0.05, 0.1) is 10.8 Å². The largest absolute Gasteiger partial charge is 0.326 e. The quantitative estimate of drug-likeness (QED) is 0.424. The van der Waals surface area contributed by atoms with Crippen LogP contribution in [-0.2, 0) is 20.6 Å². The highest BCUT2D eigenvalue weighted by molar-refractivity contribution is 7.98. The number of nitrogens with zero attached hydrogens (tertiary/aromatic N) is 1. The minimum atomic E-state index is -3.66. The summed E-state index contributed by atoms with van der Waals surface area (Å²) in [6.45, 7) is 0.575. The van der Waals surface area contributed by atoms with Crippen molar-refractivity contribution < 1.29 is 13.2 Å². The second kappa shape index (κ2) is 10.7. The maximum absolute atomic E-state index is 13.0. The fraction of sp³-hybridized carbons (Fsp3) is 0.240. The number of sulfonamides is 1. The van der Waals surface area contributed by atoms with Gasteiger partial charge in [0.15, 0.2) is 0 Å². The zero-order valence-electron chi connectivity index (χ0n) is 18.0. The lowest BCUT2D eigenvalue weighted by Crippen LogP contribution is -2.43. The summed E-state index contributed by atoms with van der Waals surface area (Å²) in [6.07, 6.45) is 1.30. The number of hydrogen-bond acceptors (Lipinski definition) is 4. The van der Waals surface area contributed by atoms with Crippen LogP contribution in [-0.4, -0.2) is 31.7 Å². The summed E-state index contributed by atoms with van der Waals surface area (Å²) in [5.74, 6) is 0.296. The van der Waals surface area contributed by atoms with Crippen molar-refractivity contribution in [1.29, 1.82) is 0 Å². The summed E-state index contributed by atoms with van der Waals surface area (Å²) in [5.41, 5.74) is 1.88. The molecule has 8 heteroatoms. The molecule has 5 nitrogen and oxygen atoms in total. The van der Waals surface area contributed by atoms with Crippen molar-refractivity contribution in [3.63, 3.8) is 0 Å². The zero-order chi connectivity index (χ0) is 23.3. The molecular formula is C25H25ClN2O3S2. The number of benzene rings is 3. The van der Waals surface area contributed by atoms with Gasteiger partial charge >= 0.3 is 0 Å². The van der Waals surface area contributed by atoms with E-state index in [0.717, 1.165) is 5.75 Å². The van der Waals surface area contributed by atoms with Crippen LogP contribution in [0.15, 0.2) is 88.7 Å². The fourth-order valence-electron chi connectivity index (χ4n) is 3.74. The van der Waals surface area contributed by atoms with E-state index >= 15 is 0 Å². The van der Waals surface area contributed by atoms with Gasteiger partial charge in [-0.2, -0.15) is 4.31 Å². The Balaban J connectivity index is 1.34. The molecule has 1 fully saturated rings. The predicted octanol–water partition coefficient (Wildman–Crippen LogP) is 5.67. The summed E-state index contributed by atoms with van der Waals surface area (Å²) in [7, 11) is -3.66. The van der Waals surface area contributed by atoms with Gasteiger partial charge in [0.1, 0.15) is 0 Å². The second-order valence-corrected chi connectivity index (χ2v) is 11.4. The number of halogens is 1. The molecule has 4 rings (SSSR count). The monoisotopic (exact) mass is 500 g/mol. The minimum Gasteiger partial charge on any atom is -0.326 e. The smallest absolute Gasteiger partial charge is 0.243 e. The number of nitrogens with one attached hydrogen (secondary N) is 1. The summed E-state index contributed by atoms with van der Waals surface area (Å²) in [5, 5.41) is 3.43. The first-order valence-corrected chi connectivity index (χ1v) is 13.6. The molecule has 1 aliphatic heterocycles. The first kappa shape index (κ1) is 23.8. The van der Waals surface area contributed by atoms with Gasteiger partial charge in [0.2, 0.25) is 15.9 Å². The Hall–Kier alpha value is -2.32. The molecule has 1 aliphatic rings. The molecular weight excluding hydrogens is 476 g/mol. The third-order valence-electron chi connectivity index (χ3n) is 5.58. The summed E-state index contributed by atoms with van der Waals surface area (Å²) in [4.78, 5) is 14.3. The van der Waals surface area contributed by atoms with Crippen molar-refractivity contribution in [3.8, 4) is 0 Å². The van der Waals surface area contributed by atoms with Crippen LogP contribution in [0, 0.1) is 5.92 Å². The Morgan fingerprint density at radius 2 is 1.70 bits per heavy atom. The molecule has 172 valence electrons. The Bertz CT molecular complexity index is 1180. The number of anilines is 1. The van der Waals surface area contributed by atoms with Crippen LogP contribution in [0.25, 0.3) is 0 Å². The number of carbonyl (C=O) groups excluding carboxylic acids is 1. The maximum atomic E-state index is 13.0. The topological polar surface area (TPSA) is 66.5 Å². The van der Waals surface area contributed by atoms with Crippen LogP contribution in [0.2, 0.25) is 5.02 Å². The SMILES string of the molecule is O=C(Nc1ccc(CSc2ccccc2)cc1)[C@H]1CCCN(S(=O)(=O)c2ccc(Cl)cc2)C1. The van der Waals surface area contributed by atoms with Crippen molar-refractivity contribution in [2.24, 2.45) is 5.92 Å². The molecule has 1 N–H and O–H groups in total. The standard InChI is InChI=1S/C25H25ClN2O3S2/c26-21-10-14-24(15-11-21)33(30,31)28-16-4-5-20(17-28)25(29)27-22-12-8-19(9-13-22)18-32-23-6-2-1-3-7-23/h1-3,6-15,20H,4-5,16-18H2,(H,27,29)/t20-/m0/s1. The average molecular weight is 501 g/mol. The van der Waals surface area contributed by atoms with Crippen LogP contribution in [0.3, 0.4) is 0 Å². The van der Waals surface area contributed by atoms with Crippen LogP contribution < -0.4 is 5.32 Å². The molecule has 1 amide bonds. The number of carbonyl (C=O) groups is 1. The highest BCUT2D eigenvalue weighted by atomic mass is 35.5. The lowest BCUT2D eigenvalue weighted by molar-refractivity contribution is -0.120. The van der Waals surface area contributed by atoms with Crippen LogP contribution in [0.1, 0.15) is 18.4 Å². The van der Waals surface area contributed by atoms with Gasteiger partial charge in [-0.25, -0.2) is 8.42 Å². The van der Waals surface area contributed by atoms with Crippen molar-refractivity contribution in [2.75, 3.05) is 18.4 Å². The van der Waals surface area contributed by atoms with Gasteiger partial charge in [-0.3, -0.25) is 4.79 Å². The van der Waals surface area contributed by atoms with E-state index in [4.69, 9.17) is 11.6 Å². The van der Waals surface area contributed by atoms with Crippen molar-refractivity contribution >= 4 is 45.0 Å². The van der Waals surface area contributed by atoms with E-state index in [2.05, 4.69) is 17.4 Å². The Morgan fingerprint density at radius 3 is 2.39 bits per heavy atom. The molecule has 0 unspecified atom stereocenters. The summed E-state index contributed by atoms with van der Waals surface area (Å²) < 4.78 is 27.3. The number of rotatable bonds is 7. The van der Waals surface area contributed by atoms with Gasteiger partial charge in [-0.1, -0.05) is 41.9 Å². The van der Waals surface area contributed by atoms with E-state index in [1.165, 1.54) is 26.9 Å². The molecule has 0 aliphatic carbocycles. The van der Waals surface area contributed by atoms with Crippen LogP contribution in [0.5, 0.6) is 0 Å². The van der Waals surface area contributed by atoms with E-state index in [1.807, 2.05) is 42.5 Å². The number of piperidine rings is 1. The van der Waals surface area contributed by atoms with Gasteiger partial charge in [0, 0.05) is 34.4 Å². The summed E-state index contributed by atoms with van der Waals surface area (Å²) in [6, 6.07) is 24.1. The first-order chi connectivity index (χ1) is 15.9.